The third-order valence-corrected chi connectivity index (χ3v) is 2.00. The Balaban J connectivity index is 2.17. The van der Waals surface area contributed by atoms with Crippen molar-refractivity contribution >= 4 is 17.6 Å². The van der Waals surface area contributed by atoms with Crippen molar-refractivity contribution in [3.05, 3.63) is 35.5 Å². The lowest BCUT2D eigenvalue weighted by Crippen LogP contribution is -2.12. The molecule has 1 aromatic heterocycles. The number of nitrogens with one attached hydrogen (secondary N) is 1. The van der Waals surface area contributed by atoms with Crippen LogP contribution in [0.1, 0.15) is 16.2 Å². The van der Waals surface area contributed by atoms with Gasteiger partial charge in [0.2, 0.25) is 5.89 Å². The van der Waals surface area contributed by atoms with Gasteiger partial charge in [0, 0.05) is 12.5 Å². The van der Waals surface area contributed by atoms with Crippen LogP contribution in [0.3, 0.4) is 0 Å². The molecule has 6 nitrogen and oxygen atoms in total. The molecule has 0 fully saturated rings. The number of carbonyl (C=O) groups is 1. The molecule has 0 unspecified atom stereocenters. The summed E-state index contributed by atoms with van der Waals surface area (Å²) in [5.74, 6) is -0.741. The molecule has 3 N–H and O–H groups in total. The van der Waals surface area contributed by atoms with Crippen molar-refractivity contribution in [1.29, 1.82) is 0 Å². The van der Waals surface area contributed by atoms with Crippen LogP contribution in [0.15, 0.2) is 22.6 Å². The van der Waals surface area contributed by atoms with Gasteiger partial charge in [-0.2, -0.15) is 0 Å². The van der Waals surface area contributed by atoms with E-state index in [2.05, 4.69) is 15.5 Å². The van der Waals surface area contributed by atoms with Crippen LogP contribution < -0.4 is 11.1 Å². The summed E-state index contributed by atoms with van der Waals surface area (Å²) in [6.07, 6.45) is 0. The first-order valence-electron chi connectivity index (χ1n) is 4.73. The summed E-state index contributed by atoms with van der Waals surface area (Å²) in [5, 5.41) is 9.51. The van der Waals surface area contributed by atoms with Gasteiger partial charge in [-0.1, -0.05) is 5.10 Å². The Morgan fingerprint density at radius 2 is 2.24 bits per heavy atom. The van der Waals surface area contributed by atoms with E-state index in [4.69, 9.17) is 10.2 Å². The fourth-order valence-electron chi connectivity index (χ4n) is 1.20. The van der Waals surface area contributed by atoms with Crippen molar-refractivity contribution < 1.29 is 13.6 Å². The largest absolute Gasteiger partial charge is 0.408 e. The van der Waals surface area contributed by atoms with Crippen LogP contribution in [0, 0.1) is 12.7 Å². The first-order chi connectivity index (χ1) is 8.06. The Morgan fingerprint density at radius 3 is 2.82 bits per heavy atom. The third kappa shape index (κ3) is 2.39. The highest BCUT2D eigenvalue weighted by molar-refractivity contribution is 6.03. The second-order valence-corrected chi connectivity index (χ2v) is 3.32. The number of anilines is 2. The van der Waals surface area contributed by atoms with Crippen LogP contribution in [0.5, 0.6) is 0 Å². The number of hydrogen-bond donors (Lipinski definition) is 2. The van der Waals surface area contributed by atoms with Crippen LogP contribution >= 0.6 is 0 Å². The van der Waals surface area contributed by atoms with E-state index in [0.29, 0.717) is 5.89 Å². The highest BCUT2D eigenvalue weighted by Crippen LogP contribution is 2.13. The number of halogens is 1. The van der Waals surface area contributed by atoms with Crippen molar-refractivity contribution in [1.82, 2.24) is 10.2 Å². The summed E-state index contributed by atoms with van der Waals surface area (Å²) < 4.78 is 17.9. The molecule has 17 heavy (non-hydrogen) atoms. The number of aryl methyl sites for hydroxylation is 1. The SMILES string of the molecule is Cc1nnc(NC(=O)c2ccc(F)c(N)c2)o1. The molecule has 0 saturated carbocycles. The summed E-state index contributed by atoms with van der Waals surface area (Å²) in [6.45, 7) is 1.60. The van der Waals surface area contributed by atoms with Gasteiger partial charge in [0.15, 0.2) is 0 Å². The molecule has 0 bridgehead atoms. The Kier molecular flexibility index (Phi) is 2.73. The molecule has 1 heterocycles. The minimum atomic E-state index is -0.574. The third-order valence-electron chi connectivity index (χ3n) is 2.00. The first-order valence-corrected chi connectivity index (χ1v) is 4.73. The predicted molar refractivity (Wildman–Crippen MR) is 57.8 cm³/mol. The van der Waals surface area contributed by atoms with Gasteiger partial charge >= 0.3 is 6.01 Å². The van der Waals surface area contributed by atoms with Crippen LogP contribution in [-0.4, -0.2) is 16.1 Å². The van der Waals surface area contributed by atoms with E-state index < -0.39 is 11.7 Å². The molecule has 88 valence electrons. The molecule has 1 amide bonds. The zero-order chi connectivity index (χ0) is 12.4. The van der Waals surface area contributed by atoms with Gasteiger partial charge < -0.3 is 10.2 Å². The Labute approximate surface area is 95.6 Å². The number of nitrogen functional groups attached to an aromatic ring is 1. The Morgan fingerprint density at radius 1 is 1.47 bits per heavy atom. The normalized spacial score (nSPS) is 10.2. The molecule has 0 aliphatic rings. The van der Waals surface area contributed by atoms with Crippen LogP contribution in [0.4, 0.5) is 16.1 Å². The molecule has 2 rings (SSSR count). The smallest absolute Gasteiger partial charge is 0.322 e. The second-order valence-electron chi connectivity index (χ2n) is 3.32. The molecular weight excluding hydrogens is 227 g/mol. The van der Waals surface area contributed by atoms with Crippen LogP contribution in [0.2, 0.25) is 0 Å². The summed E-state index contributed by atoms with van der Waals surface area (Å²) in [6, 6.07) is 3.64. The fraction of sp³-hybridized carbons (Fsp3) is 0.100. The maximum absolute atomic E-state index is 12.9. The van der Waals surface area contributed by atoms with Gasteiger partial charge in [0.05, 0.1) is 5.69 Å². The molecule has 1 aromatic carbocycles. The fourth-order valence-corrected chi connectivity index (χ4v) is 1.20. The van der Waals surface area contributed by atoms with E-state index >= 15 is 0 Å². The Bertz CT molecular complexity index is 567. The standard InChI is InChI=1S/C10H9FN4O2/c1-5-14-15-10(17-5)13-9(16)6-2-3-7(11)8(12)4-6/h2-4H,12H2,1H3,(H,13,15,16). The van der Waals surface area contributed by atoms with E-state index in [9.17, 15) is 9.18 Å². The minimum Gasteiger partial charge on any atom is -0.408 e. The van der Waals surface area contributed by atoms with Gasteiger partial charge in [-0.15, -0.1) is 5.10 Å². The topological polar surface area (TPSA) is 94.0 Å². The zero-order valence-corrected chi connectivity index (χ0v) is 8.90. The van der Waals surface area contributed by atoms with Crippen LogP contribution in [0.25, 0.3) is 0 Å². The molecule has 0 atom stereocenters. The lowest BCUT2D eigenvalue weighted by Gasteiger charge is -2.02. The maximum atomic E-state index is 12.9. The summed E-state index contributed by atoms with van der Waals surface area (Å²) in [5.41, 5.74) is 5.46. The number of hydrogen-bond acceptors (Lipinski definition) is 5. The predicted octanol–water partition coefficient (Wildman–Crippen LogP) is 1.35. The average Bonchev–Trinajstić information content (AvgIpc) is 2.68. The first kappa shape index (κ1) is 11.1. The maximum Gasteiger partial charge on any atom is 0.322 e. The number of nitrogens with zero attached hydrogens (tertiary/aromatic N) is 2. The van der Waals surface area contributed by atoms with Crippen molar-refractivity contribution in [3.63, 3.8) is 0 Å². The molecule has 0 saturated heterocycles. The average molecular weight is 236 g/mol. The van der Waals surface area contributed by atoms with E-state index in [1.807, 2.05) is 0 Å². The number of nitrogens with two attached hydrogens (primary N) is 1. The summed E-state index contributed by atoms with van der Waals surface area (Å²) in [7, 11) is 0. The van der Waals surface area contributed by atoms with E-state index in [0.717, 1.165) is 6.07 Å². The van der Waals surface area contributed by atoms with Gasteiger partial charge in [0.25, 0.3) is 5.91 Å². The second kappa shape index (κ2) is 4.20. The highest BCUT2D eigenvalue weighted by atomic mass is 19.1. The van der Waals surface area contributed by atoms with Crippen LogP contribution in [-0.2, 0) is 0 Å². The number of rotatable bonds is 2. The van der Waals surface area contributed by atoms with E-state index in [-0.39, 0.29) is 17.3 Å². The monoisotopic (exact) mass is 236 g/mol. The van der Waals surface area contributed by atoms with E-state index in [1.54, 1.807) is 6.92 Å². The van der Waals surface area contributed by atoms with Gasteiger partial charge in [0.1, 0.15) is 5.82 Å². The number of amides is 1. The van der Waals surface area contributed by atoms with Gasteiger partial charge in [-0.3, -0.25) is 10.1 Å². The molecule has 7 heteroatoms. The quantitative estimate of drug-likeness (QED) is 0.767. The van der Waals surface area contributed by atoms with Crippen molar-refractivity contribution in [2.75, 3.05) is 11.1 Å². The lowest BCUT2D eigenvalue weighted by atomic mass is 10.2. The van der Waals surface area contributed by atoms with E-state index in [1.165, 1.54) is 12.1 Å². The number of benzene rings is 1. The molecule has 0 aliphatic carbocycles. The zero-order valence-electron chi connectivity index (χ0n) is 8.90. The highest BCUT2D eigenvalue weighted by Gasteiger charge is 2.11. The molecular formula is C10H9FN4O2. The molecule has 0 radical (unpaired) electrons. The molecule has 2 aromatic rings. The van der Waals surface area contributed by atoms with Gasteiger partial charge in [-0.05, 0) is 18.2 Å². The van der Waals surface area contributed by atoms with Crippen molar-refractivity contribution in [2.45, 2.75) is 6.92 Å². The number of carbonyl (C=O) groups excluding carboxylic acids is 1. The lowest BCUT2D eigenvalue weighted by molar-refractivity contribution is 0.102. The number of aromatic nitrogens is 2. The van der Waals surface area contributed by atoms with Crippen molar-refractivity contribution in [2.24, 2.45) is 0 Å². The Hall–Kier alpha value is -2.44. The molecule has 0 spiro atoms. The molecule has 0 aliphatic heterocycles. The summed E-state index contributed by atoms with van der Waals surface area (Å²) in [4.78, 5) is 11.7. The van der Waals surface area contributed by atoms with Crippen molar-refractivity contribution in [3.8, 4) is 0 Å². The minimum absolute atomic E-state index is 0.0182. The van der Waals surface area contributed by atoms with Gasteiger partial charge in [-0.25, -0.2) is 4.39 Å². The summed E-state index contributed by atoms with van der Waals surface area (Å²) >= 11 is 0.